The van der Waals surface area contributed by atoms with Gasteiger partial charge in [0.1, 0.15) is 6.10 Å². The topological polar surface area (TPSA) is 55.4 Å². The Balaban J connectivity index is 1.30. The van der Waals surface area contributed by atoms with E-state index in [4.69, 9.17) is 4.74 Å². The molecule has 8 atom stereocenters. The minimum absolute atomic E-state index is 0.0357. The quantitative estimate of drug-likeness (QED) is 0.389. The minimum Gasteiger partial charge on any atom is -0.462 e. The van der Waals surface area contributed by atoms with Crippen molar-refractivity contribution in [2.75, 3.05) is 0 Å². The molecule has 0 spiro atoms. The summed E-state index contributed by atoms with van der Waals surface area (Å²) >= 11 is 0. The van der Waals surface area contributed by atoms with Crippen molar-refractivity contribution in [1.29, 1.82) is 0 Å². The minimum atomic E-state index is -0.159. The molecule has 0 aliphatic heterocycles. The van der Waals surface area contributed by atoms with Crippen LogP contribution >= 0.6 is 0 Å². The van der Waals surface area contributed by atoms with Gasteiger partial charge in [0.2, 0.25) is 5.91 Å². The lowest BCUT2D eigenvalue weighted by molar-refractivity contribution is -0.149. The molecule has 1 N–H and O–H groups in total. The van der Waals surface area contributed by atoms with Gasteiger partial charge in [0.15, 0.2) is 0 Å². The Hall–Kier alpha value is -2.10. The van der Waals surface area contributed by atoms with Crippen LogP contribution in [-0.2, 0) is 14.3 Å². The van der Waals surface area contributed by atoms with Crippen molar-refractivity contribution in [2.45, 2.75) is 98.1 Å². The molecule has 35 heavy (non-hydrogen) atoms. The van der Waals surface area contributed by atoms with Crippen molar-refractivity contribution in [1.82, 2.24) is 5.32 Å². The number of esters is 1. The second-order valence-electron chi connectivity index (χ2n) is 12.5. The molecule has 4 aliphatic carbocycles. The van der Waals surface area contributed by atoms with Gasteiger partial charge in [-0.25, -0.2) is 0 Å². The van der Waals surface area contributed by atoms with Crippen molar-refractivity contribution in [3.05, 3.63) is 47.0 Å². The van der Waals surface area contributed by atoms with Gasteiger partial charge < -0.3 is 10.1 Å². The van der Waals surface area contributed by atoms with E-state index in [1.807, 2.05) is 0 Å². The third-order valence-corrected chi connectivity index (χ3v) is 10.6. The van der Waals surface area contributed by atoms with Crippen LogP contribution in [0.25, 0.3) is 0 Å². The van der Waals surface area contributed by atoms with Gasteiger partial charge in [-0.3, -0.25) is 9.59 Å². The SMILES string of the molecule is CC(=O)O[C@H]1CC[C@@]2(C)C(=CC[C@H]3[C@@H]4CC[C@H](C(=O)N[C@H](C)c5ccc(C)cc5)[C@@]4(C)CC[C@@H]32)C1. The molecule has 190 valence electrons. The molecule has 0 heterocycles. The number of nitrogens with one attached hydrogen (secondary N) is 1. The molecule has 0 radical (unpaired) electrons. The molecular formula is C31H43NO3. The average Bonchev–Trinajstić information content (AvgIpc) is 3.16. The fourth-order valence-electron chi connectivity index (χ4n) is 8.65. The lowest BCUT2D eigenvalue weighted by atomic mass is 9.47. The highest BCUT2D eigenvalue weighted by Gasteiger charge is 2.60. The number of benzene rings is 1. The summed E-state index contributed by atoms with van der Waals surface area (Å²) in [5, 5.41) is 3.37. The number of amides is 1. The number of allylic oxidation sites excluding steroid dienone is 1. The van der Waals surface area contributed by atoms with E-state index in [2.05, 4.69) is 63.4 Å². The van der Waals surface area contributed by atoms with Crippen molar-refractivity contribution < 1.29 is 14.3 Å². The summed E-state index contributed by atoms with van der Waals surface area (Å²) in [6.45, 7) is 10.6. The van der Waals surface area contributed by atoms with Gasteiger partial charge in [-0.2, -0.15) is 0 Å². The number of aryl methyl sites for hydroxylation is 1. The van der Waals surface area contributed by atoms with Crippen LogP contribution in [0.3, 0.4) is 0 Å². The maximum atomic E-state index is 13.6. The normalized spacial score (nSPS) is 38.9. The van der Waals surface area contributed by atoms with Crippen molar-refractivity contribution >= 4 is 11.9 Å². The molecule has 1 amide bonds. The zero-order valence-electron chi connectivity index (χ0n) is 22.2. The molecule has 0 saturated heterocycles. The number of carbonyl (C=O) groups excluding carboxylic acids is 2. The zero-order chi connectivity index (χ0) is 25.0. The summed E-state index contributed by atoms with van der Waals surface area (Å²) in [5.74, 6) is 2.17. The molecule has 1 aromatic carbocycles. The van der Waals surface area contributed by atoms with Crippen LogP contribution in [0.1, 0.15) is 96.2 Å². The number of carbonyl (C=O) groups is 2. The van der Waals surface area contributed by atoms with E-state index in [0.29, 0.717) is 17.8 Å². The van der Waals surface area contributed by atoms with E-state index >= 15 is 0 Å². The van der Waals surface area contributed by atoms with Crippen LogP contribution in [0.4, 0.5) is 0 Å². The summed E-state index contributed by atoms with van der Waals surface area (Å²) in [7, 11) is 0. The van der Waals surface area contributed by atoms with Crippen LogP contribution in [-0.4, -0.2) is 18.0 Å². The predicted octanol–water partition coefficient (Wildman–Crippen LogP) is 6.68. The van der Waals surface area contributed by atoms with E-state index in [1.54, 1.807) is 0 Å². The first kappa shape index (κ1) is 24.6. The standard InChI is InChI=1S/C31H43NO3/c1-19-6-8-22(9-7-19)20(2)32-29(34)28-13-12-26-25-11-10-23-18-24(35-21(3)33)14-16-30(23,4)27(25)15-17-31(26,28)5/h6-10,20,24-28H,11-18H2,1-5H3,(H,32,34)/t20-,24+,25+,26+,27+,28-,30+,31+/m1/s1. The number of rotatable bonds is 4. The molecule has 0 unspecified atom stereocenters. The van der Waals surface area contributed by atoms with E-state index in [-0.39, 0.29) is 40.8 Å². The van der Waals surface area contributed by atoms with E-state index in [9.17, 15) is 9.59 Å². The van der Waals surface area contributed by atoms with Crippen LogP contribution < -0.4 is 5.32 Å². The van der Waals surface area contributed by atoms with Gasteiger partial charge in [0, 0.05) is 19.3 Å². The summed E-state index contributed by atoms with van der Waals surface area (Å²) in [6, 6.07) is 8.55. The molecule has 0 bridgehead atoms. The Morgan fingerprint density at radius 1 is 1.03 bits per heavy atom. The monoisotopic (exact) mass is 477 g/mol. The van der Waals surface area contributed by atoms with Gasteiger partial charge in [-0.05, 0) is 92.9 Å². The van der Waals surface area contributed by atoms with Crippen molar-refractivity contribution in [3.63, 3.8) is 0 Å². The van der Waals surface area contributed by atoms with Gasteiger partial charge >= 0.3 is 5.97 Å². The third kappa shape index (κ3) is 4.25. The number of ether oxygens (including phenoxy) is 1. The molecule has 4 nitrogen and oxygen atoms in total. The molecule has 5 rings (SSSR count). The molecule has 0 aromatic heterocycles. The van der Waals surface area contributed by atoms with E-state index < -0.39 is 0 Å². The zero-order valence-corrected chi connectivity index (χ0v) is 22.2. The Bertz CT molecular complexity index is 1010. The van der Waals surface area contributed by atoms with Gasteiger partial charge in [-0.1, -0.05) is 55.3 Å². The van der Waals surface area contributed by atoms with Crippen LogP contribution in [0.5, 0.6) is 0 Å². The third-order valence-electron chi connectivity index (χ3n) is 10.6. The maximum Gasteiger partial charge on any atom is 0.302 e. The van der Waals surface area contributed by atoms with Crippen LogP contribution in [0.2, 0.25) is 0 Å². The second-order valence-corrected chi connectivity index (χ2v) is 12.5. The van der Waals surface area contributed by atoms with Gasteiger partial charge in [0.05, 0.1) is 6.04 Å². The molecular weight excluding hydrogens is 434 g/mol. The van der Waals surface area contributed by atoms with Gasteiger partial charge in [-0.15, -0.1) is 0 Å². The summed E-state index contributed by atoms with van der Waals surface area (Å²) in [6.07, 6.45) is 11.2. The molecule has 3 saturated carbocycles. The molecule has 4 heteroatoms. The summed E-state index contributed by atoms with van der Waals surface area (Å²) in [4.78, 5) is 25.1. The first-order valence-electron chi connectivity index (χ1n) is 13.9. The fraction of sp³-hybridized carbons (Fsp3) is 0.677. The fourth-order valence-corrected chi connectivity index (χ4v) is 8.65. The largest absolute Gasteiger partial charge is 0.462 e. The first-order valence-corrected chi connectivity index (χ1v) is 13.9. The van der Waals surface area contributed by atoms with E-state index in [1.165, 1.54) is 36.5 Å². The molecule has 3 fully saturated rings. The highest BCUT2D eigenvalue weighted by Crippen LogP contribution is 2.66. The second kappa shape index (κ2) is 9.09. The number of hydrogen-bond acceptors (Lipinski definition) is 3. The van der Waals surface area contributed by atoms with E-state index in [0.717, 1.165) is 38.5 Å². The van der Waals surface area contributed by atoms with Crippen LogP contribution in [0, 0.1) is 41.4 Å². The Morgan fingerprint density at radius 3 is 2.49 bits per heavy atom. The van der Waals surface area contributed by atoms with Crippen molar-refractivity contribution in [3.8, 4) is 0 Å². The van der Waals surface area contributed by atoms with Crippen molar-refractivity contribution in [2.24, 2.45) is 34.5 Å². The number of hydrogen-bond donors (Lipinski definition) is 1. The van der Waals surface area contributed by atoms with Gasteiger partial charge in [0.25, 0.3) is 0 Å². The Morgan fingerprint density at radius 2 is 1.77 bits per heavy atom. The average molecular weight is 478 g/mol. The Kier molecular flexibility index (Phi) is 6.38. The first-order chi connectivity index (χ1) is 16.6. The maximum absolute atomic E-state index is 13.6. The molecule has 4 aliphatic rings. The summed E-state index contributed by atoms with van der Waals surface area (Å²) in [5.41, 5.74) is 4.26. The smallest absolute Gasteiger partial charge is 0.302 e. The highest BCUT2D eigenvalue weighted by molar-refractivity contribution is 5.80. The highest BCUT2D eigenvalue weighted by atomic mass is 16.5. The lowest BCUT2D eigenvalue weighted by Gasteiger charge is -2.58. The molecule has 1 aromatic rings. The lowest BCUT2D eigenvalue weighted by Crippen LogP contribution is -2.52. The van der Waals surface area contributed by atoms with Crippen LogP contribution in [0.15, 0.2) is 35.9 Å². The predicted molar refractivity (Wildman–Crippen MR) is 138 cm³/mol. The summed E-state index contributed by atoms with van der Waals surface area (Å²) < 4.78 is 5.59. The Labute approximate surface area is 211 Å². The number of fused-ring (bicyclic) bond motifs is 5.